The van der Waals surface area contributed by atoms with Gasteiger partial charge in [0.15, 0.2) is 0 Å². The monoisotopic (exact) mass is 322 g/mol. The van der Waals surface area contributed by atoms with Crippen LogP contribution in [-0.4, -0.2) is 73.6 Å². The van der Waals surface area contributed by atoms with Gasteiger partial charge >= 0.3 is 12.2 Å². The Morgan fingerprint density at radius 1 is 0.864 bits per heavy atom. The first-order valence-corrected chi connectivity index (χ1v) is 7.07. The summed E-state index contributed by atoms with van der Waals surface area (Å²) in [5, 5.41) is 21.6. The summed E-state index contributed by atoms with van der Waals surface area (Å²) in [7, 11) is 0. The summed E-state index contributed by atoms with van der Waals surface area (Å²) in [6.45, 7) is 6.88. The van der Waals surface area contributed by atoms with Crippen LogP contribution in [0.5, 0.6) is 0 Å². The van der Waals surface area contributed by atoms with Gasteiger partial charge in [0.1, 0.15) is 0 Å². The first-order valence-electron chi connectivity index (χ1n) is 7.07. The van der Waals surface area contributed by atoms with Crippen molar-refractivity contribution in [1.29, 1.82) is 0 Å². The lowest BCUT2D eigenvalue weighted by Crippen LogP contribution is -2.36. The standard InChI is InChI=1S/C13H26N2O7/c1-9(14-12(16)17)6-20-4-5-21-8-11(3)22-7-10(2)15-13(18)19/h9-11,14-15H,4-8H2,1-3H3,(H,16,17)(H,18,19). The topological polar surface area (TPSA) is 126 Å². The van der Waals surface area contributed by atoms with Crippen molar-refractivity contribution in [1.82, 2.24) is 10.6 Å². The number of carboxylic acid groups (broad SMARTS) is 2. The SMILES string of the molecule is CC(COCCOCC(C)OCC(C)NC(=O)O)NC(=O)O. The van der Waals surface area contributed by atoms with E-state index in [-0.39, 0.29) is 31.4 Å². The molecule has 0 aromatic carbocycles. The van der Waals surface area contributed by atoms with Crippen LogP contribution in [0.25, 0.3) is 0 Å². The van der Waals surface area contributed by atoms with E-state index in [1.54, 1.807) is 13.8 Å². The van der Waals surface area contributed by atoms with E-state index in [2.05, 4.69) is 10.6 Å². The van der Waals surface area contributed by atoms with Gasteiger partial charge in [-0.05, 0) is 20.8 Å². The zero-order valence-electron chi connectivity index (χ0n) is 13.2. The van der Waals surface area contributed by atoms with Gasteiger partial charge in [0.2, 0.25) is 0 Å². The molecule has 0 aromatic rings. The minimum absolute atomic E-state index is 0.161. The molecule has 0 spiro atoms. The highest BCUT2D eigenvalue weighted by Crippen LogP contribution is 1.95. The molecule has 0 saturated carbocycles. The summed E-state index contributed by atoms with van der Waals surface area (Å²) < 4.78 is 16.0. The second-order valence-electron chi connectivity index (χ2n) is 4.99. The van der Waals surface area contributed by atoms with E-state index in [9.17, 15) is 9.59 Å². The number of rotatable bonds is 12. The van der Waals surface area contributed by atoms with Crippen molar-refractivity contribution in [3.63, 3.8) is 0 Å². The first-order chi connectivity index (χ1) is 10.3. The van der Waals surface area contributed by atoms with Crippen LogP contribution in [0.3, 0.4) is 0 Å². The van der Waals surface area contributed by atoms with Gasteiger partial charge in [-0.2, -0.15) is 0 Å². The largest absolute Gasteiger partial charge is 0.465 e. The van der Waals surface area contributed by atoms with Crippen LogP contribution in [0.15, 0.2) is 0 Å². The molecule has 3 unspecified atom stereocenters. The van der Waals surface area contributed by atoms with Crippen LogP contribution < -0.4 is 10.6 Å². The average molecular weight is 322 g/mol. The minimum Gasteiger partial charge on any atom is -0.465 e. The van der Waals surface area contributed by atoms with Gasteiger partial charge in [-0.25, -0.2) is 9.59 Å². The van der Waals surface area contributed by atoms with Crippen LogP contribution >= 0.6 is 0 Å². The Hall–Kier alpha value is -1.58. The van der Waals surface area contributed by atoms with Crippen molar-refractivity contribution in [2.24, 2.45) is 0 Å². The molecular formula is C13H26N2O7. The number of carbonyl (C=O) groups is 2. The summed E-state index contributed by atoms with van der Waals surface area (Å²) in [5.41, 5.74) is 0. The maximum absolute atomic E-state index is 10.4. The third kappa shape index (κ3) is 13.4. The molecule has 0 saturated heterocycles. The maximum Gasteiger partial charge on any atom is 0.404 e. The molecule has 2 amide bonds. The number of nitrogens with one attached hydrogen (secondary N) is 2. The van der Waals surface area contributed by atoms with Gasteiger partial charge in [0.25, 0.3) is 0 Å². The molecule has 0 bridgehead atoms. The Balaban J connectivity index is 3.47. The van der Waals surface area contributed by atoms with Crippen molar-refractivity contribution < 1.29 is 34.0 Å². The summed E-state index contributed by atoms with van der Waals surface area (Å²) in [5.74, 6) is 0. The maximum atomic E-state index is 10.4. The predicted octanol–water partition coefficient (Wildman–Crippen LogP) is 0.737. The zero-order chi connectivity index (χ0) is 17.0. The van der Waals surface area contributed by atoms with E-state index in [1.807, 2.05) is 6.92 Å². The van der Waals surface area contributed by atoms with Crippen molar-refractivity contribution in [2.75, 3.05) is 33.0 Å². The first kappa shape index (κ1) is 20.4. The van der Waals surface area contributed by atoms with Crippen LogP contribution in [0.4, 0.5) is 9.59 Å². The summed E-state index contributed by atoms with van der Waals surface area (Å²) in [6, 6.07) is -0.561. The zero-order valence-corrected chi connectivity index (χ0v) is 13.2. The van der Waals surface area contributed by atoms with E-state index in [1.165, 1.54) is 0 Å². The molecule has 130 valence electrons. The molecule has 4 N–H and O–H groups in total. The fourth-order valence-electron chi connectivity index (χ4n) is 1.49. The molecule has 0 aromatic heterocycles. The average Bonchev–Trinajstić information content (AvgIpc) is 2.38. The molecule has 9 nitrogen and oxygen atoms in total. The molecule has 9 heteroatoms. The van der Waals surface area contributed by atoms with E-state index in [0.29, 0.717) is 19.8 Å². The Labute approximate surface area is 129 Å². The van der Waals surface area contributed by atoms with Gasteiger partial charge in [0, 0.05) is 0 Å². The minimum atomic E-state index is -1.08. The van der Waals surface area contributed by atoms with Crippen molar-refractivity contribution in [3.8, 4) is 0 Å². The third-order valence-electron chi connectivity index (χ3n) is 2.46. The van der Waals surface area contributed by atoms with E-state index >= 15 is 0 Å². The number of amides is 2. The quantitative estimate of drug-likeness (QED) is 0.390. The predicted molar refractivity (Wildman–Crippen MR) is 78.3 cm³/mol. The molecular weight excluding hydrogens is 296 g/mol. The Morgan fingerprint density at radius 3 is 1.82 bits per heavy atom. The van der Waals surface area contributed by atoms with Crippen LogP contribution in [0.2, 0.25) is 0 Å². The lowest BCUT2D eigenvalue weighted by atomic mass is 10.3. The van der Waals surface area contributed by atoms with E-state index < -0.39 is 12.2 Å². The summed E-state index contributed by atoms with van der Waals surface area (Å²) in [4.78, 5) is 20.7. The normalized spacial score (nSPS) is 14.9. The summed E-state index contributed by atoms with van der Waals surface area (Å²) in [6.07, 6.45) is -2.32. The van der Waals surface area contributed by atoms with E-state index in [4.69, 9.17) is 24.4 Å². The molecule has 0 heterocycles. The van der Waals surface area contributed by atoms with E-state index in [0.717, 1.165) is 0 Å². The molecule has 0 rings (SSSR count). The highest BCUT2D eigenvalue weighted by atomic mass is 16.5. The highest BCUT2D eigenvalue weighted by molar-refractivity contribution is 5.65. The second-order valence-corrected chi connectivity index (χ2v) is 4.99. The number of hydrogen-bond donors (Lipinski definition) is 4. The molecule has 0 radical (unpaired) electrons. The molecule has 3 atom stereocenters. The third-order valence-corrected chi connectivity index (χ3v) is 2.46. The summed E-state index contributed by atoms with van der Waals surface area (Å²) >= 11 is 0. The van der Waals surface area contributed by atoms with Crippen molar-refractivity contribution >= 4 is 12.2 Å². The van der Waals surface area contributed by atoms with Crippen LogP contribution in [0, 0.1) is 0 Å². The smallest absolute Gasteiger partial charge is 0.404 e. The molecule has 0 aliphatic heterocycles. The van der Waals surface area contributed by atoms with Gasteiger partial charge < -0.3 is 35.1 Å². The number of ether oxygens (including phenoxy) is 3. The molecule has 22 heavy (non-hydrogen) atoms. The molecule has 0 aliphatic rings. The van der Waals surface area contributed by atoms with Crippen molar-refractivity contribution in [3.05, 3.63) is 0 Å². The Morgan fingerprint density at radius 2 is 1.32 bits per heavy atom. The fourth-order valence-corrected chi connectivity index (χ4v) is 1.49. The Kier molecular flexibility index (Phi) is 11.2. The lowest BCUT2D eigenvalue weighted by Gasteiger charge is -2.17. The van der Waals surface area contributed by atoms with Crippen LogP contribution in [-0.2, 0) is 14.2 Å². The van der Waals surface area contributed by atoms with Gasteiger partial charge in [-0.3, -0.25) is 0 Å². The van der Waals surface area contributed by atoms with Gasteiger partial charge in [-0.1, -0.05) is 0 Å². The second kappa shape index (κ2) is 12.0. The lowest BCUT2D eigenvalue weighted by molar-refractivity contribution is -0.0286. The molecule has 0 fully saturated rings. The number of hydrogen-bond acceptors (Lipinski definition) is 5. The molecule has 0 aliphatic carbocycles. The fraction of sp³-hybridized carbons (Fsp3) is 0.846. The highest BCUT2D eigenvalue weighted by Gasteiger charge is 2.09. The van der Waals surface area contributed by atoms with Crippen molar-refractivity contribution in [2.45, 2.75) is 39.0 Å². The van der Waals surface area contributed by atoms with Gasteiger partial charge in [-0.15, -0.1) is 0 Å². The van der Waals surface area contributed by atoms with Gasteiger partial charge in [0.05, 0.1) is 51.2 Å². The Bertz CT molecular complexity index is 328. The van der Waals surface area contributed by atoms with Crippen LogP contribution in [0.1, 0.15) is 20.8 Å².